The van der Waals surface area contributed by atoms with Crippen molar-refractivity contribution in [2.45, 2.75) is 13.5 Å². The molecule has 0 spiro atoms. The summed E-state index contributed by atoms with van der Waals surface area (Å²) in [5, 5.41) is 9.26. The van der Waals surface area contributed by atoms with E-state index in [2.05, 4.69) is 4.98 Å². The number of rotatable bonds is 6. The minimum Gasteiger partial charge on any atom is -0.395 e. The van der Waals surface area contributed by atoms with E-state index in [1.54, 1.807) is 36.5 Å². The number of aliphatic hydroxyl groups is 1. The van der Waals surface area contributed by atoms with Crippen LogP contribution < -0.4 is 0 Å². The Hall–Kier alpha value is -2.99. The van der Waals surface area contributed by atoms with E-state index in [-0.39, 0.29) is 31.5 Å². The van der Waals surface area contributed by atoms with E-state index in [9.17, 15) is 14.7 Å². The monoisotopic (exact) mass is 351 g/mol. The van der Waals surface area contributed by atoms with Crippen molar-refractivity contribution >= 4 is 17.4 Å². The molecule has 2 heterocycles. The van der Waals surface area contributed by atoms with Gasteiger partial charge in [-0.2, -0.15) is 0 Å². The zero-order valence-electron chi connectivity index (χ0n) is 14.8. The Labute approximate surface area is 152 Å². The molecular weight excluding hydrogens is 330 g/mol. The van der Waals surface area contributed by atoms with Crippen molar-refractivity contribution < 1.29 is 14.7 Å². The van der Waals surface area contributed by atoms with Gasteiger partial charge in [0.25, 0.3) is 11.8 Å². The molecule has 6 nitrogen and oxygen atoms in total. The minimum absolute atomic E-state index is 0.104. The van der Waals surface area contributed by atoms with E-state index in [1.165, 1.54) is 4.90 Å². The number of benzene rings is 1. The van der Waals surface area contributed by atoms with Crippen LogP contribution in [0.4, 0.5) is 0 Å². The number of hydrogen-bond donors (Lipinski definition) is 1. The van der Waals surface area contributed by atoms with Gasteiger partial charge in [0.2, 0.25) is 0 Å². The first kappa shape index (κ1) is 17.8. The molecule has 0 bridgehead atoms. The molecule has 1 aliphatic rings. The van der Waals surface area contributed by atoms with Gasteiger partial charge in [0.15, 0.2) is 0 Å². The summed E-state index contributed by atoms with van der Waals surface area (Å²) in [4.78, 5) is 32.9. The molecule has 0 unspecified atom stereocenters. The van der Waals surface area contributed by atoms with E-state index in [4.69, 9.17) is 0 Å². The lowest BCUT2D eigenvalue weighted by molar-refractivity contribution is -0.138. The number of pyridine rings is 1. The first-order chi connectivity index (χ1) is 12.5. The average Bonchev–Trinajstić information content (AvgIpc) is 2.88. The average molecular weight is 351 g/mol. The lowest BCUT2D eigenvalue weighted by Crippen LogP contribution is -2.34. The molecule has 1 N–H and O–H groups in total. The number of likely N-dealkylation sites (N-methyl/N-ethyl adjacent to an activating group) is 1. The smallest absolute Gasteiger partial charge is 0.278 e. The van der Waals surface area contributed by atoms with Crippen LogP contribution in [0, 0.1) is 6.92 Å². The minimum atomic E-state index is -0.349. The normalized spacial score (nSPS) is 14.3. The van der Waals surface area contributed by atoms with Crippen LogP contribution in [0.1, 0.15) is 16.7 Å². The molecule has 1 aliphatic heterocycles. The number of amides is 2. The SMILES string of the molecule is Cc1ccc(C2=C(N(C)CCO)C(=O)N(Cc3ccncc3)C2=O)cc1. The molecule has 0 radical (unpaired) electrons. The molecule has 0 aliphatic carbocycles. The maximum absolute atomic E-state index is 13.1. The van der Waals surface area contributed by atoms with Gasteiger partial charge in [-0.1, -0.05) is 29.8 Å². The number of carbonyl (C=O) groups is 2. The van der Waals surface area contributed by atoms with E-state index in [1.807, 2.05) is 31.2 Å². The fourth-order valence-electron chi connectivity index (χ4n) is 2.97. The van der Waals surface area contributed by atoms with Crippen LogP contribution in [-0.4, -0.2) is 51.9 Å². The standard InChI is InChI=1S/C20H21N3O3/c1-14-3-5-16(6-4-14)17-18(22(2)11-12-24)20(26)23(19(17)25)13-15-7-9-21-10-8-15/h3-10,24H,11-13H2,1-2H3. The Morgan fingerprint density at radius 1 is 1.04 bits per heavy atom. The molecule has 2 amide bonds. The van der Waals surface area contributed by atoms with Crippen LogP contribution in [0.15, 0.2) is 54.5 Å². The fraction of sp³-hybridized carbons (Fsp3) is 0.250. The molecule has 1 aromatic heterocycles. The molecule has 0 saturated carbocycles. The second-order valence-electron chi connectivity index (χ2n) is 6.29. The molecule has 0 atom stereocenters. The largest absolute Gasteiger partial charge is 0.395 e. The Balaban J connectivity index is 2.01. The number of nitrogens with zero attached hydrogens (tertiary/aromatic N) is 3. The van der Waals surface area contributed by atoms with Crippen LogP contribution in [0.2, 0.25) is 0 Å². The van der Waals surface area contributed by atoms with Crippen molar-refractivity contribution in [1.29, 1.82) is 0 Å². The van der Waals surface area contributed by atoms with Gasteiger partial charge >= 0.3 is 0 Å². The van der Waals surface area contributed by atoms with Gasteiger partial charge in [0.1, 0.15) is 5.70 Å². The number of imide groups is 1. The fourth-order valence-corrected chi connectivity index (χ4v) is 2.97. The topological polar surface area (TPSA) is 73.7 Å². The van der Waals surface area contributed by atoms with E-state index in [0.717, 1.165) is 11.1 Å². The number of carbonyl (C=O) groups excluding carboxylic acids is 2. The van der Waals surface area contributed by atoms with Crippen LogP contribution in [0.3, 0.4) is 0 Å². The van der Waals surface area contributed by atoms with Crippen molar-refractivity contribution in [3.05, 3.63) is 71.2 Å². The summed E-state index contributed by atoms with van der Waals surface area (Å²) >= 11 is 0. The summed E-state index contributed by atoms with van der Waals surface area (Å²) in [7, 11) is 1.71. The second-order valence-corrected chi connectivity index (χ2v) is 6.29. The Bertz CT molecular complexity index is 844. The Morgan fingerprint density at radius 3 is 2.31 bits per heavy atom. The Kier molecular flexibility index (Phi) is 5.14. The third-order valence-electron chi connectivity index (χ3n) is 4.39. The summed E-state index contributed by atoms with van der Waals surface area (Å²) in [6.45, 7) is 2.32. The second kappa shape index (κ2) is 7.49. The van der Waals surface area contributed by atoms with E-state index >= 15 is 0 Å². The third kappa shape index (κ3) is 3.36. The van der Waals surface area contributed by atoms with Gasteiger partial charge in [0.05, 0.1) is 18.7 Å². The summed E-state index contributed by atoms with van der Waals surface area (Å²) in [5.41, 5.74) is 3.30. The van der Waals surface area contributed by atoms with Crippen molar-refractivity contribution in [2.75, 3.05) is 20.2 Å². The molecule has 0 saturated heterocycles. The van der Waals surface area contributed by atoms with Crippen LogP contribution in [0.25, 0.3) is 5.57 Å². The molecule has 2 aromatic rings. The summed E-state index contributed by atoms with van der Waals surface area (Å²) in [6, 6.07) is 11.1. The quantitative estimate of drug-likeness (QED) is 0.800. The van der Waals surface area contributed by atoms with Gasteiger partial charge in [-0.15, -0.1) is 0 Å². The lowest BCUT2D eigenvalue weighted by atomic mass is 10.0. The van der Waals surface area contributed by atoms with Crippen molar-refractivity contribution in [1.82, 2.24) is 14.8 Å². The van der Waals surface area contributed by atoms with Crippen molar-refractivity contribution in [2.24, 2.45) is 0 Å². The predicted octanol–water partition coefficient (Wildman–Crippen LogP) is 1.59. The number of hydrogen-bond acceptors (Lipinski definition) is 5. The van der Waals surface area contributed by atoms with E-state index in [0.29, 0.717) is 16.8 Å². The first-order valence-electron chi connectivity index (χ1n) is 8.41. The number of aromatic nitrogens is 1. The summed E-state index contributed by atoms with van der Waals surface area (Å²) < 4.78 is 0. The number of aryl methyl sites for hydroxylation is 1. The van der Waals surface area contributed by atoms with Crippen LogP contribution in [0.5, 0.6) is 0 Å². The molecule has 134 valence electrons. The van der Waals surface area contributed by atoms with Gasteiger partial charge in [0, 0.05) is 26.0 Å². The van der Waals surface area contributed by atoms with Crippen LogP contribution in [-0.2, 0) is 16.1 Å². The first-order valence-corrected chi connectivity index (χ1v) is 8.41. The maximum atomic E-state index is 13.1. The highest BCUT2D eigenvalue weighted by atomic mass is 16.3. The lowest BCUT2D eigenvalue weighted by Gasteiger charge is -2.20. The predicted molar refractivity (Wildman–Crippen MR) is 97.6 cm³/mol. The zero-order chi connectivity index (χ0) is 18.7. The van der Waals surface area contributed by atoms with Crippen molar-refractivity contribution in [3.8, 4) is 0 Å². The molecular formula is C20H21N3O3. The molecule has 1 aromatic carbocycles. The Morgan fingerprint density at radius 2 is 1.69 bits per heavy atom. The number of aliphatic hydroxyl groups excluding tert-OH is 1. The molecule has 3 rings (SSSR count). The summed E-state index contributed by atoms with van der Waals surface area (Å²) in [6.07, 6.45) is 3.26. The van der Waals surface area contributed by atoms with E-state index < -0.39 is 0 Å². The van der Waals surface area contributed by atoms with Gasteiger partial charge in [-0.25, -0.2) is 0 Å². The maximum Gasteiger partial charge on any atom is 0.278 e. The molecule has 26 heavy (non-hydrogen) atoms. The third-order valence-corrected chi connectivity index (χ3v) is 4.39. The highest BCUT2D eigenvalue weighted by molar-refractivity contribution is 6.35. The summed E-state index contributed by atoms with van der Waals surface area (Å²) in [5.74, 6) is -0.672. The van der Waals surface area contributed by atoms with Gasteiger partial charge in [-0.3, -0.25) is 19.5 Å². The van der Waals surface area contributed by atoms with Gasteiger partial charge < -0.3 is 10.0 Å². The molecule has 0 fully saturated rings. The van der Waals surface area contributed by atoms with Crippen molar-refractivity contribution in [3.63, 3.8) is 0 Å². The van der Waals surface area contributed by atoms with Gasteiger partial charge in [-0.05, 0) is 30.2 Å². The zero-order valence-corrected chi connectivity index (χ0v) is 14.8. The highest BCUT2D eigenvalue weighted by Crippen LogP contribution is 2.32. The molecule has 6 heteroatoms. The van der Waals surface area contributed by atoms with Crippen LogP contribution >= 0.6 is 0 Å². The highest BCUT2D eigenvalue weighted by Gasteiger charge is 2.40.